The van der Waals surface area contributed by atoms with Crippen LogP contribution in [-0.4, -0.2) is 36.2 Å². The highest BCUT2D eigenvalue weighted by Gasteiger charge is 2.23. The van der Waals surface area contributed by atoms with E-state index in [1.165, 1.54) is 0 Å². The van der Waals surface area contributed by atoms with Gasteiger partial charge in [0.1, 0.15) is 12.6 Å². The molecule has 0 aliphatic carbocycles. The Morgan fingerprint density at radius 1 is 1.50 bits per heavy atom. The summed E-state index contributed by atoms with van der Waals surface area (Å²) in [6.45, 7) is 3.04. The third kappa shape index (κ3) is 3.01. The molecule has 1 amide bonds. The number of rotatable bonds is 5. The Morgan fingerprint density at radius 2 is 2.30 bits per heavy atom. The third-order valence-electron chi connectivity index (χ3n) is 3.10. The van der Waals surface area contributed by atoms with Crippen LogP contribution in [0.15, 0.2) is 18.2 Å². The molecule has 2 rings (SSSR count). The molecule has 0 saturated carbocycles. The van der Waals surface area contributed by atoms with Gasteiger partial charge in [-0.2, -0.15) is 0 Å². The minimum atomic E-state index is -1.02. The fourth-order valence-corrected chi connectivity index (χ4v) is 2.13. The van der Waals surface area contributed by atoms with Crippen molar-refractivity contribution < 1.29 is 19.4 Å². The zero-order valence-corrected chi connectivity index (χ0v) is 11.3. The maximum Gasteiger partial charge on any atom is 0.326 e. The van der Waals surface area contributed by atoms with Crippen molar-refractivity contribution in [1.82, 2.24) is 5.32 Å². The summed E-state index contributed by atoms with van der Waals surface area (Å²) in [5.41, 5.74) is 1.11. The van der Waals surface area contributed by atoms with E-state index < -0.39 is 17.9 Å². The van der Waals surface area contributed by atoms with Gasteiger partial charge in [-0.25, -0.2) is 4.79 Å². The number of carbonyl (C=O) groups excluding carboxylic acids is 1. The van der Waals surface area contributed by atoms with Gasteiger partial charge in [0.15, 0.2) is 5.75 Å². The van der Waals surface area contributed by atoms with Gasteiger partial charge in [0.25, 0.3) is 5.91 Å². The van der Waals surface area contributed by atoms with Crippen molar-refractivity contribution in [3.63, 3.8) is 0 Å². The molecule has 0 unspecified atom stereocenters. The number of carboxylic acids is 1. The smallest absolute Gasteiger partial charge is 0.326 e. The van der Waals surface area contributed by atoms with Gasteiger partial charge < -0.3 is 20.5 Å². The van der Waals surface area contributed by atoms with Crippen molar-refractivity contribution in [2.75, 3.05) is 18.5 Å². The van der Waals surface area contributed by atoms with Crippen LogP contribution >= 0.6 is 0 Å². The first kappa shape index (κ1) is 14.2. The molecule has 0 bridgehead atoms. The molecule has 0 radical (unpaired) electrons. The Balaban J connectivity index is 2.19. The van der Waals surface area contributed by atoms with E-state index in [9.17, 15) is 9.59 Å². The number of aliphatic carboxylic acids is 1. The minimum absolute atomic E-state index is 0.358. The second kappa shape index (κ2) is 6.27. The second-order valence-corrected chi connectivity index (χ2v) is 4.61. The molecular formula is C14H18N2O4. The van der Waals surface area contributed by atoms with Crippen molar-refractivity contribution in [2.45, 2.75) is 25.8 Å². The number of benzene rings is 1. The number of nitrogens with one attached hydrogen (secondary N) is 2. The van der Waals surface area contributed by atoms with Gasteiger partial charge in [0.05, 0.1) is 11.3 Å². The Bertz CT molecular complexity index is 516. The van der Waals surface area contributed by atoms with Crippen LogP contribution in [0.25, 0.3) is 0 Å². The number of hydrogen-bond acceptors (Lipinski definition) is 4. The number of para-hydroxylation sites is 1. The van der Waals surface area contributed by atoms with Crippen molar-refractivity contribution in [3.8, 4) is 5.75 Å². The van der Waals surface area contributed by atoms with Crippen LogP contribution < -0.4 is 15.4 Å². The van der Waals surface area contributed by atoms with Gasteiger partial charge in [-0.15, -0.1) is 0 Å². The van der Waals surface area contributed by atoms with Crippen LogP contribution in [-0.2, 0) is 4.79 Å². The summed E-state index contributed by atoms with van der Waals surface area (Å²) in [6, 6.07) is 4.32. The van der Waals surface area contributed by atoms with Crippen LogP contribution in [0.4, 0.5) is 5.69 Å². The third-order valence-corrected chi connectivity index (χ3v) is 3.10. The van der Waals surface area contributed by atoms with E-state index in [1.807, 2.05) is 13.0 Å². The minimum Gasteiger partial charge on any atom is -0.489 e. The second-order valence-electron chi connectivity index (χ2n) is 4.61. The standard InChI is InChI=1S/C14H18N2O4/c1-2-4-11(14(18)19)16-13(17)9-5-3-6-10-12(9)20-8-7-15-10/h3,5-6,11,15H,2,4,7-8H2,1H3,(H,16,17)(H,18,19)/t11-/m1/s1. The largest absolute Gasteiger partial charge is 0.489 e. The molecule has 6 nitrogen and oxygen atoms in total. The molecule has 1 heterocycles. The summed E-state index contributed by atoms with van der Waals surface area (Å²) in [5.74, 6) is -0.965. The predicted octanol–water partition coefficient (Wildman–Crippen LogP) is 1.47. The lowest BCUT2D eigenvalue weighted by Gasteiger charge is -2.22. The van der Waals surface area contributed by atoms with Crippen molar-refractivity contribution in [2.24, 2.45) is 0 Å². The first-order chi connectivity index (χ1) is 9.63. The van der Waals surface area contributed by atoms with E-state index in [0.29, 0.717) is 37.3 Å². The van der Waals surface area contributed by atoms with E-state index in [4.69, 9.17) is 9.84 Å². The lowest BCUT2D eigenvalue weighted by atomic mass is 10.1. The highest BCUT2D eigenvalue weighted by Crippen LogP contribution is 2.31. The van der Waals surface area contributed by atoms with E-state index in [-0.39, 0.29) is 0 Å². The topological polar surface area (TPSA) is 87.7 Å². The molecular weight excluding hydrogens is 260 g/mol. The number of anilines is 1. The molecule has 3 N–H and O–H groups in total. The Hall–Kier alpha value is -2.24. The van der Waals surface area contributed by atoms with Gasteiger partial charge in [-0.05, 0) is 18.6 Å². The van der Waals surface area contributed by atoms with Crippen molar-refractivity contribution in [1.29, 1.82) is 0 Å². The van der Waals surface area contributed by atoms with E-state index in [2.05, 4.69) is 10.6 Å². The van der Waals surface area contributed by atoms with Crippen LogP contribution in [0, 0.1) is 0 Å². The molecule has 1 aromatic carbocycles. The summed E-state index contributed by atoms with van der Waals surface area (Å²) in [7, 11) is 0. The van der Waals surface area contributed by atoms with Gasteiger partial charge in [-0.1, -0.05) is 19.4 Å². The van der Waals surface area contributed by atoms with Crippen molar-refractivity contribution >= 4 is 17.6 Å². The number of fused-ring (bicyclic) bond motifs is 1. The summed E-state index contributed by atoms with van der Waals surface area (Å²) >= 11 is 0. The average molecular weight is 278 g/mol. The molecule has 1 atom stereocenters. The zero-order chi connectivity index (χ0) is 14.5. The maximum atomic E-state index is 12.2. The molecule has 20 heavy (non-hydrogen) atoms. The van der Waals surface area contributed by atoms with Gasteiger partial charge in [0, 0.05) is 6.54 Å². The quantitative estimate of drug-likeness (QED) is 0.759. The van der Waals surface area contributed by atoms with Crippen LogP contribution in [0.3, 0.4) is 0 Å². The number of ether oxygens (including phenoxy) is 1. The van der Waals surface area contributed by atoms with E-state index in [1.54, 1.807) is 12.1 Å². The molecule has 108 valence electrons. The van der Waals surface area contributed by atoms with Gasteiger partial charge in [-0.3, -0.25) is 4.79 Å². The lowest BCUT2D eigenvalue weighted by Crippen LogP contribution is -2.41. The van der Waals surface area contributed by atoms with Crippen LogP contribution in [0.5, 0.6) is 5.75 Å². The molecule has 0 spiro atoms. The number of carboxylic acid groups (broad SMARTS) is 1. The average Bonchev–Trinajstić information content (AvgIpc) is 2.46. The zero-order valence-electron chi connectivity index (χ0n) is 11.3. The molecule has 1 aromatic rings. The Labute approximate surface area is 117 Å². The van der Waals surface area contributed by atoms with E-state index >= 15 is 0 Å². The lowest BCUT2D eigenvalue weighted by molar-refractivity contribution is -0.139. The summed E-state index contributed by atoms with van der Waals surface area (Å²) in [4.78, 5) is 23.3. The summed E-state index contributed by atoms with van der Waals surface area (Å²) in [5, 5.41) is 14.8. The molecule has 0 fully saturated rings. The van der Waals surface area contributed by atoms with Gasteiger partial charge in [0.2, 0.25) is 0 Å². The normalized spacial score (nSPS) is 14.4. The first-order valence-corrected chi connectivity index (χ1v) is 6.66. The highest BCUT2D eigenvalue weighted by atomic mass is 16.5. The number of carbonyl (C=O) groups is 2. The number of amides is 1. The molecule has 6 heteroatoms. The summed E-state index contributed by atoms with van der Waals surface area (Å²) in [6.07, 6.45) is 1.08. The monoisotopic (exact) mass is 278 g/mol. The maximum absolute atomic E-state index is 12.2. The molecule has 1 aliphatic rings. The first-order valence-electron chi connectivity index (χ1n) is 6.66. The fraction of sp³-hybridized carbons (Fsp3) is 0.429. The number of hydrogen-bond donors (Lipinski definition) is 3. The van der Waals surface area contributed by atoms with Crippen LogP contribution in [0.2, 0.25) is 0 Å². The van der Waals surface area contributed by atoms with Gasteiger partial charge >= 0.3 is 5.97 Å². The molecule has 0 aromatic heterocycles. The van der Waals surface area contributed by atoms with Crippen LogP contribution in [0.1, 0.15) is 30.1 Å². The fourth-order valence-electron chi connectivity index (χ4n) is 2.13. The highest BCUT2D eigenvalue weighted by molar-refractivity contribution is 6.00. The SMILES string of the molecule is CCC[C@@H](NC(=O)c1cccc2c1OCCN2)C(=O)O. The Kier molecular flexibility index (Phi) is 4.45. The predicted molar refractivity (Wildman–Crippen MR) is 74.2 cm³/mol. The summed E-state index contributed by atoms with van der Waals surface area (Å²) < 4.78 is 5.51. The molecule has 0 saturated heterocycles. The van der Waals surface area contributed by atoms with Crippen molar-refractivity contribution in [3.05, 3.63) is 23.8 Å². The van der Waals surface area contributed by atoms with E-state index in [0.717, 1.165) is 5.69 Å². The Morgan fingerprint density at radius 3 is 3.00 bits per heavy atom. The molecule has 1 aliphatic heterocycles.